The van der Waals surface area contributed by atoms with Crippen molar-refractivity contribution < 1.29 is 9.53 Å². The van der Waals surface area contributed by atoms with Gasteiger partial charge >= 0.3 is 6.09 Å². The zero-order valence-electron chi connectivity index (χ0n) is 9.54. The van der Waals surface area contributed by atoms with Gasteiger partial charge in [-0.05, 0) is 22.9 Å². The molecule has 0 saturated heterocycles. The highest BCUT2D eigenvalue weighted by atomic mass is 16.5. The van der Waals surface area contributed by atoms with Gasteiger partial charge in [-0.15, -0.1) is 0 Å². The Morgan fingerprint density at radius 2 is 1.53 bits per heavy atom. The van der Waals surface area contributed by atoms with Gasteiger partial charge in [-0.1, -0.05) is 36.4 Å². The van der Waals surface area contributed by atoms with Crippen LogP contribution in [0.2, 0.25) is 0 Å². The van der Waals surface area contributed by atoms with Gasteiger partial charge in [0.25, 0.3) is 0 Å². The van der Waals surface area contributed by atoms with Gasteiger partial charge in [-0.25, -0.2) is 4.79 Å². The second kappa shape index (κ2) is 5.16. The number of hydrogen-bond donors (Lipinski definition) is 0. The molecule has 1 aromatic heterocycles. The summed E-state index contributed by atoms with van der Waals surface area (Å²) in [5, 5.41) is 2.17. The molecule has 0 aliphatic carbocycles. The van der Waals surface area contributed by atoms with E-state index in [-0.39, 0.29) is 0 Å². The zero-order valence-corrected chi connectivity index (χ0v) is 9.54. The van der Waals surface area contributed by atoms with Crippen LogP contribution in [0.4, 0.5) is 4.79 Å². The molecular weight excluding hydrogens is 214 g/mol. The lowest BCUT2D eigenvalue weighted by Crippen LogP contribution is -2.09. The standard InChI is InChI=1S/C14H13NO2/c1-17-14(16)15-10-5-4-8-12-6-2-3-7-13(12)9-11-15/h2-11H,1H3. The molecule has 0 radical (unpaired) electrons. The molecule has 0 amide bonds. The molecule has 2 rings (SSSR count). The molecule has 0 unspecified atom stereocenters. The van der Waals surface area contributed by atoms with Crippen molar-refractivity contribution in [3.05, 3.63) is 60.9 Å². The summed E-state index contributed by atoms with van der Waals surface area (Å²) in [4.78, 5) is 11.4. The second-order valence-electron chi connectivity index (χ2n) is 3.52. The summed E-state index contributed by atoms with van der Waals surface area (Å²) in [5.74, 6) is 0. The second-order valence-corrected chi connectivity index (χ2v) is 3.52. The molecule has 0 saturated carbocycles. The molecule has 0 bridgehead atoms. The van der Waals surface area contributed by atoms with Gasteiger partial charge < -0.3 is 4.74 Å². The summed E-state index contributed by atoms with van der Waals surface area (Å²) in [6, 6.07) is 15.5. The van der Waals surface area contributed by atoms with Crippen LogP contribution in [0.3, 0.4) is 0 Å². The van der Waals surface area contributed by atoms with E-state index in [2.05, 4.69) is 4.74 Å². The van der Waals surface area contributed by atoms with Crippen LogP contribution in [0.25, 0.3) is 10.8 Å². The molecule has 0 N–H and O–H groups in total. The number of hydrogen-bond acceptors (Lipinski definition) is 2. The smallest absolute Gasteiger partial charge is 0.417 e. The lowest BCUT2D eigenvalue weighted by Gasteiger charge is -1.99. The first-order valence-electron chi connectivity index (χ1n) is 5.29. The van der Waals surface area contributed by atoms with Crippen LogP contribution < -0.4 is 0 Å². The molecule has 86 valence electrons. The third-order valence-corrected chi connectivity index (χ3v) is 2.43. The highest BCUT2D eigenvalue weighted by Gasteiger charge is 1.97. The average molecular weight is 227 g/mol. The number of rotatable bonds is 0. The number of carbonyl (C=O) groups excluding carboxylic acids is 1. The van der Waals surface area contributed by atoms with E-state index >= 15 is 0 Å². The monoisotopic (exact) mass is 227 g/mol. The maximum Gasteiger partial charge on any atom is 0.417 e. The van der Waals surface area contributed by atoms with E-state index in [9.17, 15) is 4.79 Å². The molecule has 2 aromatic rings. The molecule has 3 heteroatoms. The first-order valence-corrected chi connectivity index (χ1v) is 5.29. The van der Waals surface area contributed by atoms with E-state index in [0.29, 0.717) is 0 Å². The van der Waals surface area contributed by atoms with Crippen LogP contribution >= 0.6 is 0 Å². The van der Waals surface area contributed by atoms with Crippen molar-refractivity contribution in [1.29, 1.82) is 0 Å². The maximum atomic E-state index is 11.4. The fourth-order valence-corrected chi connectivity index (χ4v) is 1.55. The SMILES string of the molecule is COC(=O)n1ccccc2ccccc2cc1. The highest BCUT2D eigenvalue weighted by molar-refractivity contribution is 5.81. The van der Waals surface area contributed by atoms with Gasteiger partial charge in [-0.3, -0.25) is 4.57 Å². The number of ether oxygens (including phenoxy) is 1. The Morgan fingerprint density at radius 1 is 0.941 bits per heavy atom. The van der Waals surface area contributed by atoms with Gasteiger partial charge in [0.05, 0.1) is 7.11 Å². The van der Waals surface area contributed by atoms with Gasteiger partial charge in [0.2, 0.25) is 0 Å². The van der Waals surface area contributed by atoms with Crippen molar-refractivity contribution in [2.45, 2.75) is 0 Å². The normalized spacial score (nSPS) is 9.71. The van der Waals surface area contributed by atoms with E-state index < -0.39 is 6.09 Å². The van der Waals surface area contributed by atoms with E-state index in [4.69, 9.17) is 0 Å². The lowest BCUT2D eigenvalue weighted by molar-refractivity contribution is 0.172. The molecular formula is C14H13NO2. The van der Waals surface area contributed by atoms with Gasteiger partial charge in [0, 0.05) is 12.4 Å². The predicted molar refractivity (Wildman–Crippen MR) is 67.4 cm³/mol. The van der Waals surface area contributed by atoms with Crippen molar-refractivity contribution in [1.82, 2.24) is 4.57 Å². The first-order chi connectivity index (χ1) is 8.31. The Bertz CT molecular complexity index is 585. The number of methoxy groups -OCH3 is 1. The quantitative estimate of drug-likeness (QED) is 0.690. The van der Waals surface area contributed by atoms with Crippen molar-refractivity contribution in [3.63, 3.8) is 0 Å². The van der Waals surface area contributed by atoms with E-state index in [1.807, 2.05) is 42.5 Å². The zero-order chi connectivity index (χ0) is 12.1. The summed E-state index contributed by atoms with van der Waals surface area (Å²) in [5.41, 5.74) is 0. The Kier molecular flexibility index (Phi) is 3.40. The topological polar surface area (TPSA) is 31.2 Å². The van der Waals surface area contributed by atoms with Crippen LogP contribution in [0.15, 0.2) is 60.9 Å². The molecule has 0 fully saturated rings. The Balaban J connectivity index is 2.67. The minimum Gasteiger partial charge on any atom is -0.452 e. The summed E-state index contributed by atoms with van der Waals surface area (Å²) < 4.78 is 6.07. The van der Waals surface area contributed by atoms with Crippen molar-refractivity contribution in [3.8, 4) is 0 Å². The molecule has 0 spiro atoms. The average Bonchev–Trinajstić information content (AvgIpc) is 2.47. The third-order valence-electron chi connectivity index (χ3n) is 2.43. The molecule has 0 aliphatic heterocycles. The predicted octanol–water partition coefficient (Wildman–Crippen LogP) is 3.38. The van der Waals surface area contributed by atoms with E-state index in [1.165, 1.54) is 11.7 Å². The molecule has 3 nitrogen and oxygen atoms in total. The Hall–Kier alpha value is -2.29. The highest BCUT2D eigenvalue weighted by Crippen LogP contribution is 2.09. The van der Waals surface area contributed by atoms with E-state index in [0.717, 1.165) is 10.8 Å². The van der Waals surface area contributed by atoms with Crippen LogP contribution in [0, 0.1) is 0 Å². The van der Waals surface area contributed by atoms with Crippen LogP contribution in [0.1, 0.15) is 0 Å². The summed E-state index contributed by atoms with van der Waals surface area (Å²) in [6.45, 7) is 0. The fourth-order valence-electron chi connectivity index (χ4n) is 1.55. The molecule has 1 aromatic carbocycles. The van der Waals surface area contributed by atoms with Crippen molar-refractivity contribution in [2.24, 2.45) is 0 Å². The van der Waals surface area contributed by atoms with Gasteiger partial charge in [-0.2, -0.15) is 0 Å². The lowest BCUT2D eigenvalue weighted by atomic mass is 10.2. The molecule has 1 heterocycles. The molecule has 17 heavy (non-hydrogen) atoms. The summed E-state index contributed by atoms with van der Waals surface area (Å²) >= 11 is 0. The minimum atomic E-state index is -0.412. The third kappa shape index (κ3) is 2.64. The molecule has 0 aliphatic rings. The summed E-state index contributed by atoms with van der Waals surface area (Å²) in [6.07, 6.45) is 2.93. The molecule has 0 atom stereocenters. The Morgan fingerprint density at radius 3 is 2.18 bits per heavy atom. The minimum absolute atomic E-state index is 0.412. The van der Waals surface area contributed by atoms with Crippen LogP contribution in [-0.4, -0.2) is 17.8 Å². The first kappa shape index (κ1) is 11.2. The summed E-state index contributed by atoms with van der Waals surface area (Å²) in [7, 11) is 1.36. The Labute approximate surface area is 99.6 Å². The number of fused-ring (bicyclic) bond motifs is 1. The number of carbonyl (C=O) groups is 1. The van der Waals surface area contributed by atoms with Crippen LogP contribution in [0.5, 0.6) is 0 Å². The van der Waals surface area contributed by atoms with Crippen LogP contribution in [-0.2, 0) is 4.74 Å². The largest absolute Gasteiger partial charge is 0.452 e. The number of nitrogens with zero attached hydrogens (tertiary/aromatic N) is 1. The van der Waals surface area contributed by atoms with Gasteiger partial charge in [0.15, 0.2) is 0 Å². The van der Waals surface area contributed by atoms with E-state index in [1.54, 1.807) is 18.5 Å². The van der Waals surface area contributed by atoms with Crippen molar-refractivity contribution in [2.75, 3.05) is 7.11 Å². The maximum absolute atomic E-state index is 11.4. The number of aromatic nitrogens is 1. The van der Waals surface area contributed by atoms with Crippen molar-refractivity contribution >= 4 is 16.9 Å². The number of benzene rings is 1. The fraction of sp³-hybridized carbons (Fsp3) is 0.0714. The van der Waals surface area contributed by atoms with Gasteiger partial charge in [0.1, 0.15) is 0 Å².